The van der Waals surface area contributed by atoms with Crippen LogP contribution in [0.2, 0.25) is 0 Å². The van der Waals surface area contributed by atoms with Crippen molar-refractivity contribution in [3.63, 3.8) is 0 Å². The average Bonchev–Trinajstić information content (AvgIpc) is 2.34. The number of methoxy groups -OCH3 is 1. The monoisotopic (exact) mass is 244 g/mol. The molecule has 0 aliphatic heterocycles. The number of ether oxygens (including phenoxy) is 2. The second kappa shape index (κ2) is 7.67. The van der Waals surface area contributed by atoms with Crippen LogP contribution in [0.3, 0.4) is 0 Å². The Morgan fingerprint density at radius 2 is 2.12 bits per heavy atom. The fourth-order valence-corrected chi connectivity index (χ4v) is 2.49. The summed E-state index contributed by atoms with van der Waals surface area (Å²) in [6, 6.07) is 0. The van der Waals surface area contributed by atoms with Gasteiger partial charge < -0.3 is 14.6 Å². The molecule has 0 saturated heterocycles. The maximum absolute atomic E-state index is 11.1. The fourth-order valence-electron chi connectivity index (χ4n) is 2.49. The first-order chi connectivity index (χ1) is 8.19. The van der Waals surface area contributed by atoms with Gasteiger partial charge in [0.1, 0.15) is 0 Å². The molecule has 1 fully saturated rings. The number of aliphatic carboxylic acids is 1. The van der Waals surface area contributed by atoms with Gasteiger partial charge in [0.05, 0.1) is 12.0 Å². The lowest BCUT2D eigenvalue weighted by Gasteiger charge is -2.33. The summed E-state index contributed by atoms with van der Waals surface area (Å²) in [7, 11) is 1.66. The van der Waals surface area contributed by atoms with E-state index in [1.54, 1.807) is 7.11 Å². The van der Waals surface area contributed by atoms with E-state index < -0.39 is 5.97 Å². The van der Waals surface area contributed by atoms with Crippen molar-refractivity contribution in [1.29, 1.82) is 0 Å². The van der Waals surface area contributed by atoms with Crippen LogP contribution < -0.4 is 0 Å². The molecule has 0 aromatic rings. The molecule has 4 heteroatoms. The van der Waals surface area contributed by atoms with Gasteiger partial charge >= 0.3 is 5.97 Å². The highest BCUT2D eigenvalue weighted by Gasteiger charge is 2.34. The van der Waals surface area contributed by atoms with Crippen molar-refractivity contribution < 1.29 is 19.4 Å². The molecule has 0 heterocycles. The number of hydrogen-bond acceptors (Lipinski definition) is 3. The molecule has 1 aliphatic carbocycles. The Bertz CT molecular complexity index is 229. The number of carboxylic acids is 1. The van der Waals surface area contributed by atoms with Crippen LogP contribution in [0, 0.1) is 11.8 Å². The van der Waals surface area contributed by atoms with E-state index in [2.05, 4.69) is 6.92 Å². The van der Waals surface area contributed by atoms with Gasteiger partial charge in [0, 0.05) is 20.3 Å². The first-order valence-electron chi connectivity index (χ1n) is 6.52. The Morgan fingerprint density at radius 1 is 1.35 bits per heavy atom. The van der Waals surface area contributed by atoms with Crippen LogP contribution in [0.5, 0.6) is 0 Å². The standard InChI is InChI=1S/C13H24O4/c1-3-10-5-6-11(13(14)15)12(9-10)17-8-4-7-16-2/h10-12H,3-9H2,1-2H3,(H,14,15). The van der Waals surface area contributed by atoms with Crippen LogP contribution in [0.1, 0.15) is 39.0 Å². The fraction of sp³-hybridized carbons (Fsp3) is 0.923. The van der Waals surface area contributed by atoms with Crippen molar-refractivity contribution in [3.8, 4) is 0 Å². The van der Waals surface area contributed by atoms with Crippen molar-refractivity contribution >= 4 is 5.97 Å². The van der Waals surface area contributed by atoms with E-state index in [1.807, 2.05) is 0 Å². The van der Waals surface area contributed by atoms with Crippen molar-refractivity contribution in [1.82, 2.24) is 0 Å². The third-order valence-corrected chi connectivity index (χ3v) is 3.62. The zero-order valence-corrected chi connectivity index (χ0v) is 10.9. The van der Waals surface area contributed by atoms with Crippen LogP contribution in [0.4, 0.5) is 0 Å². The lowest BCUT2D eigenvalue weighted by atomic mass is 9.78. The Morgan fingerprint density at radius 3 is 2.71 bits per heavy atom. The normalized spacial score (nSPS) is 29.2. The molecule has 1 aliphatic rings. The summed E-state index contributed by atoms with van der Waals surface area (Å²) in [4.78, 5) is 11.1. The minimum absolute atomic E-state index is 0.108. The molecule has 1 rings (SSSR count). The maximum Gasteiger partial charge on any atom is 0.309 e. The van der Waals surface area contributed by atoms with Gasteiger partial charge in [-0.05, 0) is 31.6 Å². The van der Waals surface area contributed by atoms with Gasteiger partial charge in [0.2, 0.25) is 0 Å². The van der Waals surface area contributed by atoms with E-state index in [1.165, 1.54) is 0 Å². The molecule has 0 aromatic carbocycles. The molecule has 1 saturated carbocycles. The molecule has 0 aromatic heterocycles. The van der Waals surface area contributed by atoms with E-state index in [0.717, 1.165) is 32.1 Å². The Labute approximate surface area is 103 Å². The van der Waals surface area contributed by atoms with Crippen molar-refractivity contribution in [2.24, 2.45) is 11.8 Å². The Hall–Kier alpha value is -0.610. The van der Waals surface area contributed by atoms with E-state index in [0.29, 0.717) is 19.1 Å². The van der Waals surface area contributed by atoms with Crippen molar-refractivity contribution in [2.45, 2.75) is 45.1 Å². The number of hydrogen-bond donors (Lipinski definition) is 1. The molecule has 4 nitrogen and oxygen atoms in total. The molecule has 1 N–H and O–H groups in total. The SMILES string of the molecule is CCC1CCC(C(=O)O)C(OCCCOC)C1. The summed E-state index contributed by atoms with van der Waals surface area (Å²) in [5, 5.41) is 9.17. The van der Waals surface area contributed by atoms with Gasteiger partial charge in [-0.15, -0.1) is 0 Å². The van der Waals surface area contributed by atoms with E-state index in [9.17, 15) is 4.79 Å². The number of rotatable bonds is 7. The van der Waals surface area contributed by atoms with E-state index in [4.69, 9.17) is 14.6 Å². The third kappa shape index (κ3) is 4.64. The van der Waals surface area contributed by atoms with Crippen LogP contribution in [0.25, 0.3) is 0 Å². The molecule has 100 valence electrons. The molecule has 0 radical (unpaired) electrons. The zero-order chi connectivity index (χ0) is 12.7. The lowest BCUT2D eigenvalue weighted by molar-refractivity contribution is -0.151. The first-order valence-corrected chi connectivity index (χ1v) is 6.52. The number of carboxylic acid groups (broad SMARTS) is 1. The smallest absolute Gasteiger partial charge is 0.309 e. The van der Waals surface area contributed by atoms with Gasteiger partial charge in [-0.1, -0.05) is 13.3 Å². The molecule has 3 unspecified atom stereocenters. The van der Waals surface area contributed by atoms with Crippen molar-refractivity contribution in [2.75, 3.05) is 20.3 Å². The molecular formula is C13H24O4. The predicted molar refractivity (Wildman–Crippen MR) is 65.0 cm³/mol. The third-order valence-electron chi connectivity index (χ3n) is 3.62. The van der Waals surface area contributed by atoms with Crippen LogP contribution in [-0.4, -0.2) is 37.5 Å². The summed E-state index contributed by atoms with van der Waals surface area (Å²) < 4.78 is 10.7. The molecule has 0 bridgehead atoms. The largest absolute Gasteiger partial charge is 0.481 e. The molecule has 0 spiro atoms. The van der Waals surface area contributed by atoms with Gasteiger partial charge in [-0.25, -0.2) is 0 Å². The molecule has 17 heavy (non-hydrogen) atoms. The summed E-state index contributed by atoms with van der Waals surface area (Å²) in [6.07, 6.45) is 4.50. The van der Waals surface area contributed by atoms with E-state index >= 15 is 0 Å². The summed E-state index contributed by atoms with van der Waals surface area (Å²) in [5.41, 5.74) is 0. The second-order valence-electron chi connectivity index (χ2n) is 4.79. The summed E-state index contributed by atoms with van der Waals surface area (Å²) in [5.74, 6) is -0.408. The topological polar surface area (TPSA) is 55.8 Å². The predicted octanol–water partition coefficient (Wildman–Crippen LogP) is 2.32. The highest BCUT2D eigenvalue weighted by molar-refractivity contribution is 5.70. The van der Waals surface area contributed by atoms with Gasteiger partial charge in [0.25, 0.3) is 0 Å². The Balaban J connectivity index is 2.40. The highest BCUT2D eigenvalue weighted by atomic mass is 16.5. The van der Waals surface area contributed by atoms with Crippen LogP contribution in [-0.2, 0) is 14.3 Å². The quantitative estimate of drug-likeness (QED) is 0.698. The van der Waals surface area contributed by atoms with Crippen LogP contribution >= 0.6 is 0 Å². The molecule has 3 atom stereocenters. The Kier molecular flexibility index (Phi) is 6.52. The zero-order valence-electron chi connectivity index (χ0n) is 10.9. The summed E-state index contributed by atoms with van der Waals surface area (Å²) in [6.45, 7) is 3.42. The number of carbonyl (C=O) groups is 1. The minimum Gasteiger partial charge on any atom is -0.481 e. The van der Waals surface area contributed by atoms with Gasteiger partial charge in [0.15, 0.2) is 0 Å². The summed E-state index contributed by atoms with van der Waals surface area (Å²) >= 11 is 0. The van der Waals surface area contributed by atoms with Crippen molar-refractivity contribution in [3.05, 3.63) is 0 Å². The lowest BCUT2D eigenvalue weighted by Crippen LogP contribution is -2.37. The van der Waals surface area contributed by atoms with Gasteiger partial charge in [-0.3, -0.25) is 4.79 Å². The first kappa shape index (κ1) is 14.5. The van der Waals surface area contributed by atoms with Gasteiger partial charge in [-0.2, -0.15) is 0 Å². The second-order valence-corrected chi connectivity index (χ2v) is 4.79. The van der Waals surface area contributed by atoms with E-state index in [-0.39, 0.29) is 12.0 Å². The maximum atomic E-state index is 11.1. The molecular weight excluding hydrogens is 220 g/mol. The average molecular weight is 244 g/mol. The molecule has 0 amide bonds. The minimum atomic E-state index is -0.712. The highest BCUT2D eigenvalue weighted by Crippen LogP contribution is 2.33. The van der Waals surface area contributed by atoms with Crippen LogP contribution in [0.15, 0.2) is 0 Å².